The van der Waals surface area contributed by atoms with Crippen LogP contribution in [-0.4, -0.2) is 83.4 Å². The van der Waals surface area contributed by atoms with Gasteiger partial charge in [0.15, 0.2) is 0 Å². The fourth-order valence-corrected chi connectivity index (χ4v) is 4.10. The molecule has 0 spiro atoms. The predicted molar refractivity (Wildman–Crippen MR) is 114 cm³/mol. The molecule has 12 heteroatoms. The Morgan fingerprint density at radius 3 is 2.34 bits per heavy atom. The third-order valence-corrected chi connectivity index (χ3v) is 5.80. The quantitative estimate of drug-likeness (QED) is 0.178. The van der Waals surface area contributed by atoms with Crippen LogP contribution in [0.2, 0.25) is 0 Å². The van der Waals surface area contributed by atoms with Crippen molar-refractivity contribution in [2.45, 2.75) is 75.5 Å². The van der Waals surface area contributed by atoms with Crippen LogP contribution in [0.5, 0.6) is 0 Å². The molecule has 0 saturated carbocycles. The lowest BCUT2D eigenvalue weighted by atomic mass is 10.1. The highest BCUT2D eigenvalue weighted by atomic mass is 16.4. The Balaban J connectivity index is 2.05. The molecule has 0 bridgehead atoms. The zero-order valence-electron chi connectivity index (χ0n) is 18.2. The number of primary amides is 1. The summed E-state index contributed by atoms with van der Waals surface area (Å²) in [5.41, 5.74) is 10.7. The van der Waals surface area contributed by atoms with Crippen LogP contribution in [0, 0.1) is 0 Å². The Morgan fingerprint density at radius 1 is 1.03 bits per heavy atom. The maximum Gasteiger partial charge on any atom is 0.326 e. The first-order valence-electron chi connectivity index (χ1n) is 11.1. The molecule has 0 aromatic carbocycles. The van der Waals surface area contributed by atoms with Crippen molar-refractivity contribution in [3.05, 3.63) is 0 Å². The second kappa shape index (κ2) is 12.3. The van der Waals surface area contributed by atoms with Crippen LogP contribution in [-0.2, 0) is 24.0 Å². The van der Waals surface area contributed by atoms with Gasteiger partial charge in [-0.1, -0.05) is 0 Å². The van der Waals surface area contributed by atoms with Crippen molar-refractivity contribution in [3.63, 3.8) is 0 Å². The molecule has 4 amide bonds. The summed E-state index contributed by atoms with van der Waals surface area (Å²) in [4.78, 5) is 62.7. The van der Waals surface area contributed by atoms with E-state index in [1.807, 2.05) is 0 Å². The second-order valence-electron chi connectivity index (χ2n) is 8.25. The number of likely N-dealkylation sites (tertiary alicyclic amines) is 1. The van der Waals surface area contributed by atoms with Gasteiger partial charge in [-0.15, -0.1) is 0 Å². The van der Waals surface area contributed by atoms with Gasteiger partial charge in [0.1, 0.15) is 18.1 Å². The summed E-state index contributed by atoms with van der Waals surface area (Å²) in [6, 6.07) is -3.59. The number of carboxylic acids is 1. The highest BCUT2D eigenvalue weighted by molar-refractivity contribution is 5.96. The molecular formula is C20H34N6O6. The molecule has 2 rings (SSSR count). The van der Waals surface area contributed by atoms with E-state index in [0.29, 0.717) is 45.2 Å². The van der Waals surface area contributed by atoms with Crippen molar-refractivity contribution in [2.75, 3.05) is 19.6 Å². The minimum atomic E-state index is -1.18. The summed E-state index contributed by atoms with van der Waals surface area (Å²) in [5, 5.41) is 17.5. The second-order valence-corrected chi connectivity index (χ2v) is 8.25. The number of carbonyl (C=O) groups excluding carboxylic acids is 4. The molecule has 4 unspecified atom stereocenters. The molecule has 2 fully saturated rings. The fourth-order valence-electron chi connectivity index (χ4n) is 4.10. The monoisotopic (exact) mass is 454 g/mol. The largest absolute Gasteiger partial charge is 0.480 e. The van der Waals surface area contributed by atoms with E-state index in [1.54, 1.807) is 0 Å². The topological polar surface area (TPSA) is 197 Å². The van der Waals surface area contributed by atoms with Crippen molar-refractivity contribution < 1.29 is 29.1 Å². The lowest BCUT2D eigenvalue weighted by Gasteiger charge is -2.29. The molecular weight excluding hydrogens is 420 g/mol. The molecule has 2 saturated heterocycles. The molecule has 2 aliphatic rings. The van der Waals surface area contributed by atoms with Crippen LogP contribution in [0.25, 0.3) is 0 Å². The van der Waals surface area contributed by atoms with Crippen LogP contribution in [0.4, 0.5) is 0 Å². The van der Waals surface area contributed by atoms with E-state index in [9.17, 15) is 29.1 Å². The molecule has 2 aliphatic heterocycles. The van der Waals surface area contributed by atoms with Crippen molar-refractivity contribution >= 4 is 29.6 Å². The molecule has 32 heavy (non-hydrogen) atoms. The van der Waals surface area contributed by atoms with E-state index in [4.69, 9.17) is 11.5 Å². The van der Waals surface area contributed by atoms with Crippen LogP contribution >= 0.6 is 0 Å². The van der Waals surface area contributed by atoms with Gasteiger partial charge < -0.3 is 37.4 Å². The van der Waals surface area contributed by atoms with E-state index < -0.39 is 53.8 Å². The number of hydrogen-bond donors (Lipinski definition) is 6. The van der Waals surface area contributed by atoms with Gasteiger partial charge in [-0.2, -0.15) is 0 Å². The molecule has 180 valence electrons. The van der Waals surface area contributed by atoms with Gasteiger partial charge in [-0.3, -0.25) is 19.2 Å². The molecule has 0 radical (unpaired) electrons. The van der Waals surface area contributed by atoms with Gasteiger partial charge >= 0.3 is 5.97 Å². The number of aliphatic carboxylic acids is 1. The lowest BCUT2D eigenvalue weighted by Crippen LogP contribution is -2.57. The van der Waals surface area contributed by atoms with Gasteiger partial charge in [-0.25, -0.2) is 4.79 Å². The molecule has 0 aliphatic carbocycles. The Kier molecular flexibility index (Phi) is 9.85. The molecule has 8 N–H and O–H groups in total. The SMILES string of the molecule is NCCCCC(NC(=O)C1CCCN1C(=O)C(CC(N)=O)NC(=O)C1CCCN1)C(=O)O. The van der Waals surface area contributed by atoms with E-state index >= 15 is 0 Å². The normalized spacial score (nSPS) is 22.2. The molecule has 0 aromatic rings. The van der Waals surface area contributed by atoms with Crippen molar-refractivity contribution in [1.82, 2.24) is 20.9 Å². The Hall–Kier alpha value is -2.73. The van der Waals surface area contributed by atoms with Gasteiger partial charge in [0.25, 0.3) is 0 Å². The maximum absolute atomic E-state index is 13.1. The summed E-state index contributed by atoms with van der Waals surface area (Å²) < 4.78 is 0. The van der Waals surface area contributed by atoms with Crippen molar-refractivity contribution in [2.24, 2.45) is 11.5 Å². The summed E-state index contributed by atoms with van der Waals surface area (Å²) in [7, 11) is 0. The fraction of sp³-hybridized carbons (Fsp3) is 0.750. The number of nitrogens with two attached hydrogens (primary N) is 2. The summed E-state index contributed by atoms with van der Waals surface area (Å²) in [5.74, 6) is -3.46. The smallest absolute Gasteiger partial charge is 0.326 e. The zero-order valence-corrected chi connectivity index (χ0v) is 18.2. The van der Waals surface area contributed by atoms with E-state index in [1.165, 1.54) is 4.90 Å². The first kappa shape index (κ1) is 25.5. The van der Waals surface area contributed by atoms with Crippen LogP contribution in [0.15, 0.2) is 0 Å². The Labute approximate surface area is 186 Å². The van der Waals surface area contributed by atoms with E-state index in [2.05, 4.69) is 16.0 Å². The molecule has 0 aromatic heterocycles. The molecule has 2 heterocycles. The van der Waals surface area contributed by atoms with Crippen molar-refractivity contribution in [3.8, 4) is 0 Å². The summed E-state index contributed by atoms with van der Waals surface area (Å²) in [6.45, 7) is 1.38. The number of rotatable bonds is 12. The molecule has 4 atom stereocenters. The summed E-state index contributed by atoms with van der Waals surface area (Å²) >= 11 is 0. The maximum atomic E-state index is 13.1. The number of hydrogen-bond acceptors (Lipinski definition) is 7. The number of carbonyl (C=O) groups is 5. The average molecular weight is 455 g/mol. The molecule has 12 nitrogen and oxygen atoms in total. The number of amides is 4. The number of nitrogens with zero attached hydrogens (tertiary/aromatic N) is 1. The average Bonchev–Trinajstić information content (AvgIpc) is 3.43. The number of unbranched alkanes of at least 4 members (excludes halogenated alkanes) is 1. The first-order chi connectivity index (χ1) is 15.2. The van der Waals surface area contributed by atoms with Gasteiger partial charge in [0.2, 0.25) is 23.6 Å². The minimum Gasteiger partial charge on any atom is -0.480 e. The van der Waals surface area contributed by atoms with Crippen molar-refractivity contribution in [1.29, 1.82) is 0 Å². The van der Waals surface area contributed by atoms with Gasteiger partial charge in [0.05, 0.1) is 12.5 Å². The van der Waals surface area contributed by atoms with E-state index in [0.717, 1.165) is 6.42 Å². The highest BCUT2D eigenvalue weighted by Gasteiger charge is 2.39. The van der Waals surface area contributed by atoms with Crippen LogP contribution < -0.4 is 27.4 Å². The summed E-state index contributed by atoms with van der Waals surface area (Å²) in [6.07, 6.45) is 3.37. The highest BCUT2D eigenvalue weighted by Crippen LogP contribution is 2.20. The third-order valence-electron chi connectivity index (χ3n) is 5.80. The zero-order chi connectivity index (χ0) is 23.7. The standard InChI is InChI=1S/C20H34N6O6/c21-8-2-1-5-13(20(31)32)24-18(29)15-7-4-10-26(15)19(30)14(11-16(22)27)25-17(28)12-6-3-9-23-12/h12-15,23H,1-11,21H2,(H2,22,27)(H,24,29)(H,25,28)(H,31,32). The number of nitrogens with one attached hydrogen (secondary N) is 3. The Bertz CT molecular complexity index is 711. The number of carboxylic acid groups (broad SMARTS) is 1. The van der Waals surface area contributed by atoms with E-state index in [-0.39, 0.29) is 19.4 Å². The van der Waals surface area contributed by atoms with Gasteiger partial charge in [0, 0.05) is 6.54 Å². The van der Waals surface area contributed by atoms with Crippen LogP contribution in [0.1, 0.15) is 51.4 Å². The lowest BCUT2D eigenvalue weighted by molar-refractivity contribution is -0.145. The third kappa shape index (κ3) is 7.16. The van der Waals surface area contributed by atoms with Crippen LogP contribution in [0.3, 0.4) is 0 Å². The predicted octanol–water partition coefficient (Wildman–Crippen LogP) is -2.21. The minimum absolute atomic E-state index is 0.230. The first-order valence-corrected chi connectivity index (χ1v) is 11.1. The van der Waals surface area contributed by atoms with Gasteiger partial charge in [-0.05, 0) is 58.0 Å². The Morgan fingerprint density at radius 2 is 1.75 bits per heavy atom.